The van der Waals surface area contributed by atoms with Crippen molar-refractivity contribution in [1.29, 1.82) is 0 Å². The summed E-state index contributed by atoms with van der Waals surface area (Å²) in [6.45, 7) is 10.2. The number of alkyl halides is 1. The van der Waals surface area contributed by atoms with Gasteiger partial charge in [-0.05, 0) is 47.1 Å². The van der Waals surface area contributed by atoms with E-state index >= 15 is 0 Å². The van der Waals surface area contributed by atoms with Crippen LogP contribution in [0.1, 0.15) is 47.0 Å². The van der Waals surface area contributed by atoms with E-state index in [1.807, 2.05) is 0 Å². The lowest BCUT2D eigenvalue weighted by Crippen LogP contribution is -2.44. The molecule has 0 saturated carbocycles. The van der Waals surface area contributed by atoms with Crippen LogP contribution in [0, 0.1) is 0 Å². The first kappa shape index (κ1) is 12.3. The number of halogens is 1. The molecule has 2 aliphatic rings. The largest absolute Gasteiger partial charge is 0.374 e. The normalized spacial score (nSPS) is 40.3. The molecule has 0 radical (unpaired) electrons. The van der Waals surface area contributed by atoms with E-state index in [2.05, 4.69) is 25.7 Å². The maximum Gasteiger partial charge on any atom is 0.122 e. The summed E-state index contributed by atoms with van der Waals surface area (Å²) in [5, 5.41) is 0. The van der Waals surface area contributed by atoms with Gasteiger partial charge in [-0.2, -0.15) is 0 Å². The molecule has 0 aromatic carbocycles. The van der Waals surface area contributed by atoms with E-state index in [1.54, 1.807) is 6.92 Å². The summed E-state index contributed by atoms with van der Waals surface area (Å²) in [4.78, 5) is 2.30. The van der Waals surface area contributed by atoms with Crippen LogP contribution in [0.25, 0.3) is 0 Å². The van der Waals surface area contributed by atoms with Crippen molar-refractivity contribution in [3.05, 3.63) is 0 Å². The molecule has 2 aliphatic heterocycles. The van der Waals surface area contributed by atoms with Gasteiger partial charge in [0.15, 0.2) is 0 Å². The zero-order valence-electron chi connectivity index (χ0n) is 11.0. The molecule has 0 N–H and O–H groups in total. The van der Waals surface area contributed by atoms with E-state index in [9.17, 15) is 4.39 Å². The maximum atomic E-state index is 14.1. The average molecular weight is 229 g/mol. The van der Waals surface area contributed by atoms with Crippen LogP contribution in [0.3, 0.4) is 0 Å². The summed E-state index contributed by atoms with van der Waals surface area (Å²) in [6, 6.07) is 0. The molecule has 2 heterocycles. The van der Waals surface area contributed by atoms with E-state index < -0.39 is 5.67 Å². The Morgan fingerprint density at radius 3 is 2.69 bits per heavy atom. The molecule has 2 rings (SSSR count). The van der Waals surface area contributed by atoms with Crippen LogP contribution in [0.15, 0.2) is 0 Å². The van der Waals surface area contributed by atoms with Gasteiger partial charge in [0.05, 0.1) is 12.2 Å². The number of nitrogens with zero attached hydrogens (tertiary/aromatic N) is 1. The minimum atomic E-state index is -1.03. The molecule has 0 amide bonds. The number of hydrogen-bond donors (Lipinski definition) is 0. The summed E-state index contributed by atoms with van der Waals surface area (Å²) in [5.41, 5.74) is -1.17. The third kappa shape index (κ3) is 2.40. The molecule has 2 atom stereocenters. The molecule has 0 aromatic heterocycles. The van der Waals surface area contributed by atoms with Crippen LogP contribution >= 0.6 is 0 Å². The van der Waals surface area contributed by atoms with Crippen molar-refractivity contribution in [2.24, 2.45) is 0 Å². The minimum Gasteiger partial charge on any atom is -0.374 e. The van der Waals surface area contributed by atoms with Gasteiger partial charge in [0.2, 0.25) is 0 Å². The van der Waals surface area contributed by atoms with E-state index in [-0.39, 0.29) is 11.1 Å². The van der Waals surface area contributed by atoms with Crippen LogP contribution in [-0.4, -0.2) is 41.4 Å². The molecule has 0 aromatic rings. The molecule has 94 valence electrons. The molecule has 3 heteroatoms. The highest BCUT2D eigenvalue weighted by Crippen LogP contribution is 2.45. The van der Waals surface area contributed by atoms with Crippen LogP contribution in [0.4, 0.5) is 4.39 Å². The Labute approximate surface area is 98.1 Å². The fourth-order valence-corrected chi connectivity index (χ4v) is 3.15. The predicted octanol–water partition coefficient (Wildman–Crippen LogP) is 2.77. The Kier molecular flexibility index (Phi) is 2.83. The predicted molar refractivity (Wildman–Crippen MR) is 63.4 cm³/mol. The van der Waals surface area contributed by atoms with E-state index in [1.165, 1.54) is 6.42 Å². The van der Waals surface area contributed by atoms with Crippen LogP contribution in [0.2, 0.25) is 0 Å². The van der Waals surface area contributed by atoms with E-state index in [0.29, 0.717) is 19.6 Å². The van der Waals surface area contributed by atoms with E-state index in [4.69, 9.17) is 4.74 Å². The van der Waals surface area contributed by atoms with Crippen molar-refractivity contribution < 1.29 is 9.13 Å². The summed E-state index contributed by atoms with van der Waals surface area (Å²) >= 11 is 0. The van der Waals surface area contributed by atoms with Gasteiger partial charge in [0.25, 0.3) is 0 Å². The molecule has 2 saturated heterocycles. The fourth-order valence-electron chi connectivity index (χ4n) is 3.15. The average Bonchev–Trinajstić information content (AvgIpc) is 2.52. The van der Waals surface area contributed by atoms with Gasteiger partial charge in [-0.15, -0.1) is 0 Å². The first-order valence-corrected chi connectivity index (χ1v) is 6.31. The highest BCUT2D eigenvalue weighted by atomic mass is 19.1. The molecule has 0 spiro atoms. The Balaban J connectivity index is 2.05. The third-order valence-corrected chi connectivity index (χ3v) is 3.73. The number of rotatable bonds is 2. The first-order valence-electron chi connectivity index (χ1n) is 6.31. The van der Waals surface area contributed by atoms with Crippen LogP contribution < -0.4 is 0 Å². The van der Waals surface area contributed by atoms with Gasteiger partial charge in [-0.1, -0.05) is 0 Å². The van der Waals surface area contributed by atoms with Gasteiger partial charge < -0.3 is 4.74 Å². The van der Waals surface area contributed by atoms with Crippen molar-refractivity contribution in [3.63, 3.8) is 0 Å². The SMILES string of the molecule is CC1(F)CN2CCCC2(COC(C)(C)C)C1. The fraction of sp³-hybridized carbons (Fsp3) is 1.00. The van der Waals surface area contributed by atoms with Crippen molar-refractivity contribution in [2.45, 2.75) is 63.8 Å². The second kappa shape index (κ2) is 3.67. The lowest BCUT2D eigenvalue weighted by molar-refractivity contribution is -0.0529. The molecular formula is C13H24FNO. The lowest BCUT2D eigenvalue weighted by atomic mass is 9.90. The molecule has 2 unspecified atom stereocenters. The highest BCUT2D eigenvalue weighted by Gasteiger charge is 2.54. The maximum absolute atomic E-state index is 14.1. The lowest BCUT2D eigenvalue weighted by Gasteiger charge is -2.34. The number of fused-ring (bicyclic) bond motifs is 1. The molecule has 0 bridgehead atoms. The standard InChI is InChI=1S/C13H24FNO/c1-11(2,3)16-10-13-6-5-7-15(13)9-12(4,14)8-13/h5-10H2,1-4H3. The highest BCUT2D eigenvalue weighted by molar-refractivity contribution is 5.08. The summed E-state index contributed by atoms with van der Waals surface area (Å²) in [7, 11) is 0. The third-order valence-electron chi connectivity index (χ3n) is 3.73. The van der Waals surface area contributed by atoms with Gasteiger partial charge in [0, 0.05) is 18.5 Å². The van der Waals surface area contributed by atoms with Crippen molar-refractivity contribution in [1.82, 2.24) is 4.90 Å². The second-order valence-electron chi connectivity index (χ2n) is 6.74. The number of hydrogen-bond acceptors (Lipinski definition) is 2. The number of ether oxygens (including phenoxy) is 1. The Bertz CT molecular complexity index is 272. The zero-order valence-corrected chi connectivity index (χ0v) is 11.0. The van der Waals surface area contributed by atoms with Gasteiger partial charge in [0.1, 0.15) is 5.67 Å². The van der Waals surface area contributed by atoms with Crippen LogP contribution in [0.5, 0.6) is 0 Å². The van der Waals surface area contributed by atoms with Crippen molar-refractivity contribution in [2.75, 3.05) is 19.7 Å². The van der Waals surface area contributed by atoms with Crippen molar-refractivity contribution in [3.8, 4) is 0 Å². The van der Waals surface area contributed by atoms with Gasteiger partial charge in [-0.25, -0.2) is 4.39 Å². The summed E-state index contributed by atoms with van der Waals surface area (Å²) in [5.74, 6) is 0. The summed E-state index contributed by atoms with van der Waals surface area (Å²) in [6.07, 6.45) is 2.91. The smallest absolute Gasteiger partial charge is 0.122 e. The van der Waals surface area contributed by atoms with Crippen LogP contribution in [-0.2, 0) is 4.74 Å². The Hall–Kier alpha value is -0.150. The second-order valence-corrected chi connectivity index (χ2v) is 6.74. The van der Waals surface area contributed by atoms with Gasteiger partial charge >= 0.3 is 0 Å². The Morgan fingerprint density at radius 2 is 2.06 bits per heavy atom. The van der Waals surface area contributed by atoms with Crippen molar-refractivity contribution >= 4 is 0 Å². The molecule has 2 fully saturated rings. The van der Waals surface area contributed by atoms with E-state index in [0.717, 1.165) is 13.0 Å². The quantitative estimate of drug-likeness (QED) is 0.722. The minimum absolute atomic E-state index is 0.0171. The first-order chi connectivity index (χ1) is 7.23. The zero-order chi connectivity index (χ0) is 12.0. The molecule has 0 aliphatic carbocycles. The monoisotopic (exact) mass is 229 g/mol. The summed E-state index contributed by atoms with van der Waals surface area (Å²) < 4.78 is 20.0. The molecule has 16 heavy (non-hydrogen) atoms. The molecule has 2 nitrogen and oxygen atoms in total. The van der Waals surface area contributed by atoms with Gasteiger partial charge in [-0.3, -0.25) is 4.90 Å². The topological polar surface area (TPSA) is 12.5 Å². The molecular weight excluding hydrogens is 205 g/mol. The Morgan fingerprint density at radius 1 is 1.38 bits per heavy atom.